The molecule has 0 aliphatic carbocycles. The van der Waals surface area contributed by atoms with E-state index < -0.39 is 0 Å². The van der Waals surface area contributed by atoms with Crippen LogP contribution in [-0.2, 0) is 9.53 Å². The van der Waals surface area contributed by atoms with E-state index in [1.807, 2.05) is 38.5 Å². The van der Waals surface area contributed by atoms with Crippen LogP contribution in [0.3, 0.4) is 0 Å². The van der Waals surface area contributed by atoms with E-state index in [0.717, 1.165) is 43.2 Å². The first-order valence-corrected chi connectivity index (χ1v) is 10.6. The van der Waals surface area contributed by atoms with Crippen LogP contribution in [0.2, 0.25) is 6.82 Å². The molecular formula is C23H25BN5O3. The van der Waals surface area contributed by atoms with Crippen molar-refractivity contribution in [3.8, 4) is 11.3 Å². The Morgan fingerprint density at radius 2 is 1.94 bits per heavy atom. The van der Waals surface area contributed by atoms with Crippen LogP contribution in [0, 0.1) is 0 Å². The fourth-order valence-corrected chi connectivity index (χ4v) is 3.51. The maximum absolute atomic E-state index is 12.3. The third-order valence-electron chi connectivity index (χ3n) is 5.22. The Labute approximate surface area is 187 Å². The highest BCUT2D eigenvalue weighted by molar-refractivity contribution is 6.31. The molecule has 0 spiro atoms. The molecule has 2 amide bonds. The van der Waals surface area contributed by atoms with Gasteiger partial charge < -0.3 is 24.7 Å². The van der Waals surface area contributed by atoms with E-state index in [2.05, 4.69) is 32.7 Å². The van der Waals surface area contributed by atoms with Gasteiger partial charge in [-0.3, -0.25) is 9.59 Å². The Bertz CT molecular complexity index is 1090. The highest BCUT2D eigenvalue weighted by Gasteiger charge is 2.13. The van der Waals surface area contributed by atoms with Gasteiger partial charge in [-0.15, -0.1) is 0 Å². The van der Waals surface area contributed by atoms with Crippen molar-refractivity contribution in [1.29, 1.82) is 0 Å². The second-order valence-electron chi connectivity index (χ2n) is 7.39. The molecule has 1 aliphatic heterocycles. The van der Waals surface area contributed by atoms with Gasteiger partial charge in [0.25, 0.3) is 5.91 Å². The first kappa shape index (κ1) is 21.6. The minimum atomic E-state index is -0.341. The van der Waals surface area contributed by atoms with E-state index >= 15 is 0 Å². The molecule has 2 N–H and O–H groups in total. The van der Waals surface area contributed by atoms with Crippen molar-refractivity contribution in [2.24, 2.45) is 0 Å². The summed E-state index contributed by atoms with van der Waals surface area (Å²) in [7, 11) is 1.83. The lowest BCUT2D eigenvalue weighted by atomic mass is 10.0. The van der Waals surface area contributed by atoms with Crippen molar-refractivity contribution in [2.75, 3.05) is 43.1 Å². The molecule has 1 radical (unpaired) electrons. The standard InChI is InChI=1S/C23H25BN5O3/c1-24-29-9-8-18(16-29)23(31)25-15-22(30)27-21-7-3-6-20(26-21)17-4-2-5-19(14-17)28-10-12-32-13-11-28/h2-9,14,16H,10-13,15H2,1H3,(H,25,31)(H,26,27,30). The molecule has 0 unspecified atom stereocenters. The van der Waals surface area contributed by atoms with E-state index in [4.69, 9.17) is 4.74 Å². The number of aromatic nitrogens is 2. The molecular weight excluding hydrogens is 405 g/mol. The van der Waals surface area contributed by atoms with Gasteiger partial charge in [0.15, 0.2) is 0 Å². The average molecular weight is 430 g/mol. The molecule has 3 heterocycles. The van der Waals surface area contributed by atoms with E-state index in [1.54, 1.807) is 29.0 Å². The van der Waals surface area contributed by atoms with Gasteiger partial charge in [-0.2, -0.15) is 0 Å². The number of carbonyl (C=O) groups excluding carboxylic acids is 2. The number of hydrogen-bond acceptors (Lipinski definition) is 5. The van der Waals surface area contributed by atoms with Gasteiger partial charge in [0, 0.05) is 30.5 Å². The number of rotatable bonds is 7. The molecule has 0 bridgehead atoms. The molecule has 3 aromatic rings. The topological polar surface area (TPSA) is 88.5 Å². The molecule has 8 nitrogen and oxygen atoms in total. The number of anilines is 2. The Balaban J connectivity index is 1.37. The van der Waals surface area contributed by atoms with Gasteiger partial charge in [-0.05, 0) is 36.5 Å². The van der Waals surface area contributed by atoms with E-state index in [1.165, 1.54) is 0 Å². The highest BCUT2D eigenvalue weighted by Crippen LogP contribution is 2.25. The number of amides is 2. The van der Waals surface area contributed by atoms with Crippen molar-refractivity contribution in [3.05, 3.63) is 66.5 Å². The van der Waals surface area contributed by atoms with Gasteiger partial charge in [-0.25, -0.2) is 4.98 Å². The van der Waals surface area contributed by atoms with Crippen LogP contribution in [0.1, 0.15) is 10.4 Å². The van der Waals surface area contributed by atoms with Crippen LogP contribution >= 0.6 is 0 Å². The van der Waals surface area contributed by atoms with Crippen LogP contribution in [-0.4, -0.2) is 61.5 Å². The molecule has 163 valence electrons. The molecule has 1 saturated heterocycles. The summed E-state index contributed by atoms with van der Waals surface area (Å²) in [4.78, 5) is 31.4. The van der Waals surface area contributed by atoms with Crippen molar-refractivity contribution in [2.45, 2.75) is 6.82 Å². The van der Waals surface area contributed by atoms with Crippen LogP contribution in [0.25, 0.3) is 11.3 Å². The van der Waals surface area contributed by atoms with Gasteiger partial charge >= 0.3 is 0 Å². The number of nitrogens with one attached hydrogen (secondary N) is 2. The lowest BCUT2D eigenvalue weighted by Gasteiger charge is -2.29. The first-order chi connectivity index (χ1) is 15.6. The number of benzene rings is 1. The lowest BCUT2D eigenvalue weighted by molar-refractivity contribution is -0.115. The predicted octanol–water partition coefficient (Wildman–Crippen LogP) is 2.27. The maximum Gasteiger partial charge on any atom is 0.253 e. The number of morpholine rings is 1. The number of ether oxygens (including phenoxy) is 1. The average Bonchev–Trinajstić information content (AvgIpc) is 3.33. The van der Waals surface area contributed by atoms with E-state index in [0.29, 0.717) is 11.4 Å². The minimum Gasteiger partial charge on any atom is -0.402 e. The summed E-state index contributed by atoms with van der Waals surface area (Å²) >= 11 is 0. The summed E-state index contributed by atoms with van der Waals surface area (Å²) in [6.45, 7) is 4.90. The van der Waals surface area contributed by atoms with Gasteiger partial charge in [0.05, 0.1) is 31.0 Å². The molecule has 0 atom stereocenters. The molecule has 1 fully saturated rings. The fourth-order valence-electron chi connectivity index (χ4n) is 3.51. The number of nitrogens with zero attached hydrogens (tertiary/aromatic N) is 3. The molecule has 0 saturated carbocycles. The smallest absolute Gasteiger partial charge is 0.253 e. The zero-order valence-electron chi connectivity index (χ0n) is 18.0. The Kier molecular flexibility index (Phi) is 6.86. The Morgan fingerprint density at radius 1 is 1.12 bits per heavy atom. The second-order valence-corrected chi connectivity index (χ2v) is 7.39. The van der Waals surface area contributed by atoms with E-state index in [9.17, 15) is 9.59 Å². The third-order valence-corrected chi connectivity index (χ3v) is 5.22. The maximum atomic E-state index is 12.3. The molecule has 1 aliphatic rings. The van der Waals surface area contributed by atoms with Crippen molar-refractivity contribution < 1.29 is 14.3 Å². The summed E-state index contributed by atoms with van der Waals surface area (Å²) in [5, 5.41) is 5.37. The molecule has 2 aromatic heterocycles. The van der Waals surface area contributed by atoms with Gasteiger partial charge in [-0.1, -0.05) is 25.0 Å². The van der Waals surface area contributed by atoms with Crippen LogP contribution < -0.4 is 15.5 Å². The summed E-state index contributed by atoms with van der Waals surface area (Å²) in [5.41, 5.74) is 3.35. The monoisotopic (exact) mass is 430 g/mol. The SMILES string of the molecule is C[B]n1ccc(C(=O)NCC(=O)Nc2cccc(-c3cccc(N4CCOCC4)c3)n2)c1. The van der Waals surface area contributed by atoms with Crippen LogP contribution in [0.5, 0.6) is 0 Å². The Hall–Kier alpha value is -3.59. The molecule has 1 aromatic carbocycles. The quantitative estimate of drug-likeness (QED) is 0.562. The van der Waals surface area contributed by atoms with Gasteiger partial charge in [0.2, 0.25) is 13.3 Å². The molecule has 4 rings (SSSR count). The number of pyridine rings is 1. The largest absolute Gasteiger partial charge is 0.402 e. The van der Waals surface area contributed by atoms with Crippen LogP contribution in [0.15, 0.2) is 60.9 Å². The van der Waals surface area contributed by atoms with Crippen molar-refractivity contribution >= 4 is 30.7 Å². The summed E-state index contributed by atoms with van der Waals surface area (Å²) in [6.07, 6.45) is 3.47. The second kappa shape index (κ2) is 10.1. The highest BCUT2D eigenvalue weighted by atomic mass is 16.5. The third kappa shape index (κ3) is 5.36. The lowest BCUT2D eigenvalue weighted by Crippen LogP contribution is -2.36. The van der Waals surface area contributed by atoms with Crippen LogP contribution in [0.4, 0.5) is 11.5 Å². The zero-order chi connectivity index (χ0) is 22.3. The summed E-state index contributed by atoms with van der Waals surface area (Å²) in [6, 6.07) is 15.4. The first-order valence-electron chi connectivity index (χ1n) is 10.6. The number of hydrogen-bond donors (Lipinski definition) is 2. The summed E-state index contributed by atoms with van der Waals surface area (Å²) < 4.78 is 7.21. The van der Waals surface area contributed by atoms with Crippen molar-refractivity contribution in [3.63, 3.8) is 0 Å². The summed E-state index contributed by atoms with van der Waals surface area (Å²) in [5.74, 6) is -0.209. The Morgan fingerprint density at radius 3 is 2.72 bits per heavy atom. The normalized spacial score (nSPS) is 13.5. The van der Waals surface area contributed by atoms with Crippen molar-refractivity contribution in [1.82, 2.24) is 14.8 Å². The number of carbonyl (C=O) groups is 2. The fraction of sp³-hybridized carbons (Fsp3) is 0.261. The molecule has 9 heteroatoms. The minimum absolute atomic E-state index is 0.141. The zero-order valence-corrected chi connectivity index (χ0v) is 18.0. The predicted molar refractivity (Wildman–Crippen MR) is 125 cm³/mol. The van der Waals surface area contributed by atoms with Gasteiger partial charge in [0.1, 0.15) is 5.82 Å². The van der Waals surface area contributed by atoms with E-state index in [-0.39, 0.29) is 18.4 Å². The molecule has 32 heavy (non-hydrogen) atoms.